The molecule has 0 aliphatic carbocycles. The molecule has 0 aromatic carbocycles. The number of hydrogen-bond acceptors (Lipinski definition) is 5. The fourth-order valence-corrected chi connectivity index (χ4v) is 1.76. The molecular weight excluding hydrogens is 296 g/mol. The molecule has 5 nitrogen and oxygen atoms in total. The van der Waals surface area contributed by atoms with Gasteiger partial charge < -0.3 is 10.1 Å². The highest BCUT2D eigenvalue weighted by atomic mass is 79.9. The Morgan fingerprint density at radius 3 is 2.72 bits per heavy atom. The van der Waals surface area contributed by atoms with E-state index in [2.05, 4.69) is 36.2 Å². The highest BCUT2D eigenvalue weighted by Crippen LogP contribution is 2.23. The average Bonchev–Trinajstić information content (AvgIpc) is 2.42. The van der Waals surface area contributed by atoms with Gasteiger partial charge in [-0.3, -0.25) is 0 Å². The Hall–Kier alpha value is -1.69. The molecule has 6 heteroatoms. The standard InChI is InChI=1S/C12H13BrN4O/c1-3-14-12-9(13)7-16-11(17-12)8-4-5-10(18-2)15-6-8/h4-7H,3H2,1-2H3,(H,14,16,17). The summed E-state index contributed by atoms with van der Waals surface area (Å²) < 4.78 is 5.86. The molecule has 0 aliphatic heterocycles. The molecule has 1 N–H and O–H groups in total. The van der Waals surface area contributed by atoms with E-state index in [0.717, 1.165) is 22.4 Å². The van der Waals surface area contributed by atoms with Crippen molar-refractivity contribution in [3.05, 3.63) is 29.0 Å². The Morgan fingerprint density at radius 2 is 2.11 bits per heavy atom. The normalized spacial score (nSPS) is 10.2. The molecule has 0 bridgehead atoms. The molecule has 2 aromatic heterocycles. The predicted octanol–water partition coefficient (Wildman–Crippen LogP) is 2.74. The van der Waals surface area contributed by atoms with Gasteiger partial charge in [0.25, 0.3) is 0 Å². The Kier molecular flexibility index (Phi) is 4.09. The van der Waals surface area contributed by atoms with Crippen LogP contribution in [0.25, 0.3) is 11.4 Å². The maximum atomic E-state index is 5.01. The topological polar surface area (TPSA) is 59.9 Å². The van der Waals surface area contributed by atoms with Gasteiger partial charge in [-0.05, 0) is 28.9 Å². The predicted molar refractivity (Wildman–Crippen MR) is 73.7 cm³/mol. The number of nitrogens with one attached hydrogen (secondary N) is 1. The zero-order valence-electron chi connectivity index (χ0n) is 10.1. The molecule has 0 unspecified atom stereocenters. The van der Waals surface area contributed by atoms with E-state index < -0.39 is 0 Å². The van der Waals surface area contributed by atoms with Crippen molar-refractivity contribution in [2.24, 2.45) is 0 Å². The minimum Gasteiger partial charge on any atom is -0.481 e. The summed E-state index contributed by atoms with van der Waals surface area (Å²) in [6, 6.07) is 3.67. The zero-order chi connectivity index (χ0) is 13.0. The maximum absolute atomic E-state index is 5.01. The lowest BCUT2D eigenvalue weighted by Gasteiger charge is -2.07. The Morgan fingerprint density at radius 1 is 1.28 bits per heavy atom. The van der Waals surface area contributed by atoms with E-state index in [0.29, 0.717) is 11.7 Å². The fraction of sp³-hybridized carbons (Fsp3) is 0.250. The van der Waals surface area contributed by atoms with E-state index in [-0.39, 0.29) is 0 Å². The summed E-state index contributed by atoms with van der Waals surface area (Å²) in [5, 5.41) is 3.17. The third-order valence-corrected chi connectivity index (χ3v) is 2.87. The number of aromatic nitrogens is 3. The molecule has 0 aliphatic rings. The number of halogens is 1. The second-order valence-corrected chi connectivity index (χ2v) is 4.36. The molecular formula is C12H13BrN4O. The van der Waals surface area contributed by atoms with E-state index >= 15 is 0 Å². The van der Waals surface area contributed by atoms with Crippen molar-refractivity contribution in [1.29, 1.82) is 0 Å². The van der Waals surface area contributed by atoms with E-state index in [1.807, 2.05) is 13.0 Å². The van der Waals surface area contributed by atoms with Crippen LogP contribution >= 0.6 is 15.9 Å². The molecule has 0 radical (unpaired) electrons. The van der Waals surface area contributed by atoms with Gasteiger partial charge in [0.2, 0.25) is 5.88 Å². The van der Waals surface area contributed by atoms with Crippen molar-refractivity contribution < 1.29 is 4.74 Å². The smallest absolute Gasteiger partial charge is 0.212 e. The van der Waals surface area contributed by atoms with Crippen molar-refractivity contribution in [2.45, 2.75) is 6.92 Å². The summed E-state index contributed by atoms with van der Waals surface area (Å²) in [5.41, 5.74) is 0.849. The summed E-state index contributed by atoms with van der Waals surface area (Å²) >= 11 is 3.40. The van der Waals surface area contributed by atoms with E-state index in [4.69, 9.17) is 4.74 Å². The molecule has 0 amide bonds. The van der Waals surface area contributed by atoms with Gasteiger partial charge in [-0.1, -0.05) is 0 Å². The highest BCUT2D eigenvalue weighted by molar-refractivity contribution is 9.10. The number of pyridine rings is 1. The maximum Gasteiger partial charge on any atom is 0.212 e. The number of nitrogens with zero attached hydrogens (tertiary/aromatic N) is 3. The number of rotatable bonds is 4. The van der Waals surface area contributed by atoms with Crippen LogP contribution in [-0.2, 0) is 0 Å². The van der Waals surface area contributed by atoms with Gasteiger partial charge in [0.1, 0.15) is 5.82 Å². The number of ether oxygens (including phenoxy) is 1. The largest absolute Gasteiger partial charge is 0.481 e. The first-order valence-corrected chi connectivity index (χ1v) is 6.30. The number of methoxy groups -OCH3 is 1. The Balaban J connectivity index is 2.34. The molecule has 2 aromatic rings. The summed E-state index contributed by atoms with van der Waals surface area (Å²) in [6.07, 6.45) is 3.42. The first-order valence-electron chi connectivity index (χ1n) is 5.51. The molecule has 0 saturated carbocycles. The molecule has 0 atom stereocenters. The minimum absolute atomic E-state index is 0.572. The second-order valence-electron chi connectivity index (χ2n) is 3.51. The average molecular weight is 309 g/mol. The minimum atomic E-state index is 0.572. The molecule has 0 saturated heterocycles. The highest BCUT2D eigenvalue weighted by Gasteiger charge is 2.07. The molecule has 18 heavy (non-hydrogen) atoms. The van der Waals surface area contributed by atoms with Gasteiger partial charge in [0, 0.05) is 30.6 Å². The van der Waals surface area contributed by atoms with Crippen LogP contribution in [-0.4, -0.2) is 28.6 Å². The van der Waals surface area contributed by atoms with Gasteiger partial charge >= 0.3 is 0 Å². The van der Waals surface area contributed by atoms with Crippen LogP contribution < -0.4 is 10.1 Å². The third-order valence-electron chi connectivity index (χ3n) is 2.29. The Labute approximate surface area is 114 Å². The van der Waals surface area contributed by atoms with Crippen molar-refractivity contribution in [3.8, 4) is 17.3 Å². The van der Waals surface area contributed by atoms with Crippen LogP contribution in [0.3, 0.4) is 0 Å². The van der Waals surface area contributed by atoms with Crippen molar-refractivity contribution >= 4 is 21.7 Å². The van der Waals surface area contributed by atoms with Crippen molar-refractivity contribution in [3.63, 3.8) is 0 Å². The third kappa shape index (κ3) is 2.76. The monoisotopic (exact) mass is 308 g/mol. The van der Waals surface area contributed by atoms with Crippen LogP contribution in [0.5, 0.6) is 5.88 Å². The number of anilines is 1. The van der Waals surface area contributed by atoms with Gasteiger partial charge in [-0.25, -0.2) is 15.0 Å². The second kappa shape index (κ2) is 5.77. The summed E-state index contributed by atoms with van der Waals surface area (Å²) in [7, 11) is 1.58. The lowest BCUT2D eigenvalue weighted by atomic mass is 10.2. The molecule has 2 rings (SSSR count). The lowest BCUT2D eigenvalue weighted by Crippen LogP contribution is -2.02. The van der Waals surface area contributed by atoms with E-state index in [9.17, 15) is 0 Å². The van der Waals surface area contributed by atoms with Crippen LogP contribution in [0.1, 0.15) is 6.92 Å². The van der Waals surface area contributed by atoms with Gasteiger partial charge in [-0.15, -0.1) is 0 Å². The molecule has 94 valence electrons. The van der Waals surface area contributed by atoms with E-state index in [1.54, 1.807) is 25.6 Å². The zero-order valence-corrected chi connectivity index (χ0v) is 11.7. The van der Waals surface area contributed by atoms with Gasteiger partial charge in [0.05, 0.1) is 11.6 Å². The Bertz CT molecular complexity index is 530. The summed E-state index contributed by atoms with van der Waals surface area (Å²) in [5.74, 6) is 1.98. The van der Waals surface area contributed by atoms with Crippen LogP contribution in [0.15, 0.2) is 29.0 Å². The van der Waals surface area contributed by atoms with Gasteiger partial charge in [0.15, 0.2) is 5.82 Å². The first kappa shape index (κ1) is 12.8. The van der Waals surface area contributed by atoms with Crippen LogP contribution in [0, 0.1) is 0 Å². The first-order chi connectivity index (χ1) is 8.74. The van der Waals surface area contributed by atoms with Crippen LogP contribution in [0.4, 0.5) is 5.82 Å². The van der Waals surface area contributed by atoms with Crippen molar-refractivity contribution in [2.75, 3.05) is 19.0 Å². The summed E-state index contributed by atoms with van der Waals surface area (Å²) in [4.78, 5) is 12.8. The van der Waals surface area contributed by atoms with Crippen molar-refractivity contribution in [1.82, 2.24) is 15.0 Å². The summed E-state index contributed by atoms with van der Waals surface area (Å²) in [6.45, 7) is 2.82. The lowest BCUT2D eigenvalue weighted by molar-refractivity contribution is 0.398. The number of hydrogen-bond donors (Lipinski definition) is 1. The van der Waals surface area contributed by atoms with E-state index in [1.165, 1.54) is 0 Å². The quantitative estimate of drug-likeness (QED) is 0.941. The molecule has 2 heterocycles. The molecule has 0 spiro atoms. The SMILES string of the molecule is CCNc1nc(-c2ccc(OC)nc2)ncc1Br. The van der Waals surface area contributed by atoms with Crippen LogP contribution in [0.2, 0.25) is 0 Å². The molecule has 0 fully saturated rings. The van der Waals surface area contributed by atoms with Gasteiger partial charge in [-0.2, -0.15) is 0 Å². The fourth-order valence-electron chi connectivity index (χ4n) is 1.43.